The number of nitrogens with one attached hydrogen (secondary N) is 1. The molecule has 4 nitrogen and oxygen atoms in total. The highest BCUT2D eigenvalue weighted by Crippen LogP contribution is 2.39. The number of fused-ring (bicyclic) bond motifs is 1. The highest BCUT2D eigenvalue weighted by molar-refractivity contribution is 7.91. The first-order chi connectivity index (χ1) is 8.91. The summed E-state index contributed by atoms with van der Waals surface area (Å²) in [6.07, 6.45) is 0.939. The van der Waals surface area contributed by atoms with Crippen molar-refractivity contribution >= 4 is 33.0 Å². The van der Waals surface area contributed by atoms with Crippen LogP contribution in [0, 0.1) is 12.8 Å². The first-order valence-electron chi connectivity index (χ1n) is 6.41. The van der Waals surface area contributed by atoms with Crippen LogP contribution < -0.4 is 5.32 Å². The maximum Gasteiger partial charge on any atom is 0.253 e. The fraction of sp³-hybridized carbons (Fsp3) is 0.667. The summed E-state index contributed by atoms with van der Waals surface area (Å²) in [6, 6.07) is 1.86. The molecule has 2 saturated heterocycles. The minimum Gasteiger partial charge on any atom is -0.315 e. The van der Waals surface area contributed by atoms with E-state index in [0.29, 0.717) is 14.5 Å². The summed E-state index contributed by atoms with van der Waals surface area (Å²) in [6.45, 7) is 5.51. The molecule has 0 saturated carbocycles. The molecule has 3 unspecified atom stereocenters. The maximum absolute atomic E-state index is 12.8. The molecule has 0 bridgehead atoms. The van der Waals surface area contributed by atoms with Crippen LogP contribution in [-0.2, 0) is 10.0 Å². The molecule has 1 aromatic heterocycles. The largest absolute Gasteiger partial charge is 0.315 e. The van der Waals surface area contributed by atoms with E-state index in [1.165, 1.54) is 0 Å². The second kappa shape index (κ2) is 4.70. The van der Waals surface area contributed by atoms with Crippen LogP contribution in [-0.4, -0.2) is 37.9 Å². The van der Waals surface area contributed by atoms with Crippen molar-refractivity contribution in [3.63, 3.8) is 0 Å². The number of hydrogen-bond acceptors (Lipinski definition) is 4. The van der Waals surface area contributed by atoms with E-state index in [-0.39, 0.29) is 12.1 Å². The summed E-state index contributed by atoms with van der Waals surface area (Å²) < 4.78 is 28.2. The van der Waals surface area contributed by atoms with Crippen molar-refractivity contribution in [1.29, 1.82) is 0 Å². The lowest BCUT2D eigenvalue weighted by molar-refractivity contribution is 0.336. The standard InChI is InChI=1S/C12H17ClN2O2S2/c1-7-3-11(18-12(7)13)19(16,17)15-8(2)4-9-5-14-6-10(9)15/h3,8-10,14H,4-6H2,1-2H3. The molecule has 1 N–H and O–H groups in total. The van der Waals surface area contributed by atoms with E-state index < -0.39 is 10.0 Å². The van der Waals surface area contributed by atoms with Gasteiger partial charge in [-0.15, -0.1) is 11.3 Å². The van der Waals surface area contributed by atoms with Crippen molar-refractivity contribution in [3.05, 3.63) is 16.0 Å². The number of sulfonamides is 1. The molecule has 106 valence electrons. The second-order valence-electron chi connectivity index (χ2n) is 5.43. The van der Waals surface area contributed by atoms with Crippen molar-refractivity contribution in [1.82, 2.24) is 9.62 Å². The Morgan fingerprint density at radius 3 is 2.84 bits per heavy atom. The molecule has 1 aromatic rings. The van der Waals surface area contributed by atoms with Gasteiger partial charge in [0.25, 0.3) is 10.0 Å². The minimum absolute atomic E-state index is 0.0725. The molecule has 2 fully saturated rings. The van der Waals surface area contributed by atoms with Gasteiger partial charge in [-0.1, -0.05) is 11.6 Å². The Morgan fingerprint density at radius 1 is 1.47 bits per heavy atom. The Hall–Kier alpha value is -0.140. The molecule has 0 spiro atoms. The fourth-order valence-corrected chi connectivity index (χ4v) is 6.90. The lowest BCUT2D eigenvalue weighted by Gasteiger charge is -2.25. The Balaban J connectivity index is 2.00. The SMILES string of the molecule is Cc1cc(S(=O)(=O)N2C(C)CC3CNCC32)sc1Cl. The lowest BCUT2D eigenvalue weighted by atomic mass is 10.0. The van der Waals surface area contributed by atoms with E-state index in [0.717, 1.165) is 36.4 Å². The van der Waals surface area contributed by atoms with Gasteiger partial charge in [0.1, 0.15) is 4.21 Å². The summed E-state index contributed by atoms with van der Waals surface area (Å²) >= 11 is 7.17. The molecule has 7 heteroatoms. The third-order valence-electron chi connectivity index (χ3n) is 4.08. The predicted molar refractivity (Wildman–Crippen MR) is 77.3 cm³/mol. The third kappa shape index (κ3) is 2.14. The van der Waals surface area contributed by atoms with Crippen LogP contribution in [0.2, 0.25) is 4.34 Å². The van der Waals surface area contributed by atoms with Crippen molar-refractivity contribution in [2.45, 2.75) is 36.6 Å². The van der Waals surface area contributed by atoms with Crippen molar-refractivity contribution in [2.75, 3.05) is 13.1 Å². The zero-order valence-corrected chi connectivity index (χ0v) is 13.3. The highest BCUT2D eigenvalue weighted by atomic mass is 35.5. The number of halogens is 1. The normalized spacial score (nSPS) is 31.8. The van der Waals surface area contributed by atoms with Gasteiger partial charge in [0, 0.05) is 18.6 Å². The van der Waals surface area contributed by atoms with E-state index in [9.17, 15) is 8.42 Å². The van der Waals surface area contributed by atoms with Gasteiger partial charge in [-0.3, -0.25) is 0 Å². The van der Waals surface area contributed by atoms with E-state index in [4.69, 9.17) is 11.6 Å². The average molecular weight is 321 g/mol. The van der Waals surface area contributed by atoms with E-state index >= 15 is 0 Å². The highest BCUT2D eigenvalue weighted by Gasteiger charge is 2.48. The molecule has 0 aliphatic carbocycles. The van der Waals surface area contributed by atoms with Crippen molar-refractivity contribution in [3.8, 4) is 0 Å². The Labute approximate surface area is 122 Å². The number of aryl methyl sites for hydroxylation is 1. The molecule has 0 amide bonds. The maximum atomic E-state index is 12.8. The summed E-state index contributed by atoms with van der Waals surface area (Å²) in [7, 11) is -3.42. The van der Waals surface area contributed by atoms with Crippen molar-refractivity contribution < 1.29 is 8.42 Å². The summed E-state index contributed by atoms with van der Waals surface area (Å²) in [5.74, 6) is 0.446. The van der Waals surface area contributed by atoms with E-state index in [1.807, 2.05) is 13.8 Å². The van der Waals surface area contributed by atoms with Crippen LogP contribution in [0.25, 0.3) is 0 Å². The Bertz CT molecular complexity index is 579. The monoisotopic (exact) mass is 320 g/mol. The summed E-state index contributed by atoms with van der Waals surface area (Å²) in [4.78, 5) is 0. The number of rotatable bonds is 2. The molecule has 3 rings (SSSR count). The molecule has 19 heavy (non-hydrogen) atoms. The van der Waals surface area contributed by atoms with E-state index in [2.05, 4.69) is 5.32 Å². The first-order valence-corrected chi connectivity index (χ1v) is 9.05. The molecular weight excluding hydrogens is 304 g/mol. The van der Waals surface area contributed by atoms with Crippen LogP contribution in [0.15, 0.2) is 10.3 Å². The van der Waals surface area contributed by atoms with Gasteiger partial charge in [0.2, 0.25) is 0 Å². The molecule has 3 heterocycles. The van der Waals surface area contributed by atoms with Gasteiger partial charge in [0.05, 0.1) is 4.34 Å². The number of hydrogen-bond donors (Lipinski definition) is 1. The minimum atomic E-state index is -3.42. The second-order valence-corrected chi connectivity index (χ2v) is 9.15. The molecule has 2 aliphatic rings. The van der Waals surface area contributed by atoms with Gasteiger partial charge in [-0.2, -0.15) is 4.31 Å². The number of thiophene rings is 1. The molecule has 3 atom stereocenters. The van der Waals surface area contributed by atoms with Gasteiger partial charge in [0.15, 0.2) is 0 Å². The summed E-state index contributed by atoms with van der Waals surface area (Å²) in [5, 5.41) is 3.29. The van der Waals surface area contributed by atoms with Crippen molar-refractivity contribution in [2.24, 2.45) is 5.92 Å². The molecule has 2 aliphatic heterocycles. The van der Waals surface area contributed by atoms with Gasteiger partial charge in [-0.05, 0) is 44.4 Å². The average Bonchev–Trinajstić information content (AvgIpc) is 2.94. The predicted octanol–water partition coefficient (Wildman–Crippen LogP) is 2.08. The van der Waals surface area contributed by atoms with Gasteiger partial charge < -0.3 is 5.32 Å². The Kier molecular flexibility index (Phi) is 3.42. The topological polar surface area (TPSA) is 49.4 Å². The smallest absolute Gasteiger partial charge is 0.253 e. The fourth-order valence-electron chi connectivity index (χ4n) is 3.20. The van der Waals surface area contributed by atoms with Crippen LogP contribution in [0.3, 0.4) is 0 Å². The molecule has 0 aromatic carbocycles. The first kappa shape index (κ1) is 13.8. The number of nitrogens with zero attached hydrogens (tertiary/aromatic N) is 1. The lowest BCUT2D eigenvalue weighted by Crippen LogP contribution is -2.42. The van der Waals surface area contributed by atoms with Crippen LogP contribution in [0.1, 0.15) is 18.9 Å². The van der Waals surface area contributed by atoms with Crippen LogP contribution in [0.5, 0.6) is 0 Å². The quantitative estimate of drug-likeness (QED) is 0.907. The Morgan fingerprint density at radius 2 is 2.21 bits per heavy atom. The van der Waals surface area contributed by atoms with Gasteiger partial charge >= 0.3 is 0 Å². The zero-order valence-electron chi connectivity index (χ0n) is 10.9. The molecular formula is C12H17ClN2O2S2. The van der Waals surface area contributed by atoms with Gasteiger partial charge in [-0.25, -0.2) is 8.42 Å². The van der Waals surface area contributed by atoms with E-state index in [1.54, 1.807) is 10.4 Å². The summed E-state index contributed by atoms with van der Waals surface area (Å²) in [5.41, 5.74) is 0.832. The molecule has 0 radical (unpaired) electrons. The van der Waals surface area contributed by atoms with Crippen LogP contribution >= 0.6 is 22.9 Å². The zero-order chi connectivity index (χ0) is 13.8. The third-order valence-corrected chi connectivity index (χ3v) is 8.12. The van der Waals surface area contributed by atoms with Crippen LogP contribution in [0.4, 0.5) is 0 Å².